The van der Waals surface area contributed by atoms with E-state index in [9.17, 15) is 14.4 Å². The third kappa shape index (κ3) is 64.5. The molecule has 0 fully saturated rings. The molecule has 0 spiro atoms. The Bertz CT molecular complexity index is 1300. The van der Waals surface area contributed by atoms with Gasteiger partial charge in [0.05, 0.1) is 0 Å². The molecule has 1 atom stereocenters. The van der Waals surface area contributed by atoms with Gasteiger partial charge in [-0.1, -0.05) is 327 Å². The molecule has 0 rings (SSSR count). The maximum absolute atomic E-state index is 12.9. The molecule has 6 nitrogen and oxygen atoms in total. The van der Waals surface area contributed by atoms with Gasteiger partial charge in [-0.3, -0.25) is 14.4 Å². The third-order valence-corrected chi connectivity index (χ3v) is 15.9. The van der Waals surface area contributed by atoms with Gasteiger partial charge in [0.2, 0.25) is 0 Å². The molecule has 0 amide bonds. The first kappa shape index (κ1) is 75.6. The summed E-state index contributed by atoms with van der Waals surface area (Å²) in [7, 11) is 0. The van der Waals surface area contributed by atoms with Gasteiger partial charge >= 0.3 is 17.9 Å². The number of esters is 3. The van der Waals surface area contributed by atoms with Crippen LogP contribution in [0.5, 0.6) is 0 Å². The normalized spacial score (nSPS) is 12.2. The van der Waals surface area contributed by atoms with E-state index < -0.39 is 6.10 Å². The molecule has 0 N–H and O–H groups in total. The molecule has 78 heavy (non-hydrogen) atoms. The van der Waals surface area contributed by atoms with Crippen LogP contribution in [0, 0.1) is 0 Å². The molecule has 1 unspecified atom stereocenters. The lowest BCUT2D eigenvalue weighted by molar-refractivity contribution is -0.167. The van der Waals surface area contributed by atoms with Crippen LogP contribution >= 0.6 is 0 Å². The Labute approximate surface area is 486 Å². The fourth-order valence-corrected chi connectivity index (χ4v) is 10.6. The summed E-state index contributed by atoms with van der Waals surface area (Å²) in [6, 6.07) is 0. The zero-order valence-corrected chi connectivity index (χ0v) is 52.7. The number of unbranched alkanes of at least 4 members (excludes halogenated alkanes) is 48. The minimum absolute atomic E-state index is 0.0740. The average Bonchev–Trinajstić information content (AvgIpc) is 3.44. The van der Waals surface area contributed by atoms with Gasteiger partial charge in [0.25, 0.3) is 0 Å². The Balaban J connectivity index is 4.26. The van der Waals surface area contributed by atoms with E-state index in [1.807, 2.05) is 0 Å². The molecule has 0 aliphatic heterocycles. The number of allylic oxidation sites excluding steroid dienone is 6. The zero-order chi connectivity index (χ0) is 56.4. The van der Waals surface area contributed by atoms with E-state index in [-0.39, 0.29) is 31.1 Å². The molecule has 0 saturated carbocycles. The van der Waals surface area contributed by atoms with Gasteiger partial charge in [-0.15, -0.1) is 0 Å². The van der Waals surface area contributed by atoms with Crippen molar-refractivity contribution in [1.82, 2.24) is 0 Å². The summed E-state index contributed by atoms with van der Waals surface area (Å²) in [4.78, 5) is 38.4. The van der Waals surface area contributed by atoms with Crippen LogP contribution in [0.25, 0.3) is 0 Å². The van der Waals surface area contributed by atoms with Gasteiger partial charge in [-0.2, -0.15) is 0 Å². The maximum Gasteiger partial charge on any atom is 0.306 e. The van der Waals surface area contributed by atoms with Crippen LogP contribution in [0.1, 0.15) is 387 Å². The Morgan fingerprint density at radius 1 is 0.256 bits per heavy atom. The molecule has 0 bridgehead atoms. The van der Waals surface area contributed by atoms with Gasteiger partial charge in [-0.25, -0.2) is 0 Å². The Kier molecular flexibility index (Phi) is 65.1. The second kappa shape index (κ2) is 67.1. The number of hydrogen-bond donors (Lipinski definition) is 0. The van der Waals surface area contributed by atoms with Crippen molar-refractivity contribution in [1.29, 1.82) is 0 Å². The number of ether oxygens (including phenoxy) is 3. The lowest BCUT2D eigenvalue weighted by Crippen LogP contribution is -2.30. The topological polar surface area (TPSA) is 78.9 Å². The highest BCUT2D eigenvalue weighted by Gasteiger charge is 2.19. The Morgan fingerprint density at radius 3 is 0.731 bits per heavy atom. The molecule has 458 valence electrons. The van der Waals surface area contributed by atoms with Crippen molar-refractivity contribution in [2.45, 2.75) is 393 Å². The van der Waals surface area contributed by atoms with E-state index in [0.717, 1.165) is 77.0 Å². The zero-order valence-electron chi connectivity index (χ0n) is 52.7. The summed E-state index contributed by atoms with van der Waals surface area (Å²) in [5.41, 5.74) is 0. The molecule has 6 heteroatoms. The largest absolute Gasteiger partial charge is 0.462 e. The molecule has 0 aromatic rings. The van der Waals surface area contributed by atoms with E-state index in [0.29, 0.717) is 19.3 Å². The highest BCUT2D eigenvalue weighted by Crippen LogP contribution is 2.18. The van der Waals surface area contributed by atoms with Crippen molar-refractivity contribution in [3.63, 3.8) is 0 Å². The van der Waals surface area contributed by atoms with Crippen molar-refractivity contribution in [2.75, 3.05) is 13.2 Å². The average molecular weight is 1100 g/mol. The van der Waals surface area contributed by atoms with Gasteiger partial charge < -0.3 is 14.2 Å². The smallest absolute Gasteiger partial charge is 0.306 e. The van der Waals surface area contributed by atoms with Crippen LogP contribution in [0.15, 0.2) is 36.5 Å². The fraction of sp³-hybridized carbons (Fsp3) is 0.875. The Morgan fingerprint density at radius 2 is 0.462 bits per heavy atom. The van der Waals surface area contributed by atoms with E-state index in [1.165, 1.54) is 270 Å². The maximum atomic E-state index is 12.9. The van der Waals surface area contributed by atoms with Gasteiger partial charge in [0.15, 0.2) is 6.10 Å². The van der Waals surface area contributed by atoms with E-state index in [2.05, 4.69) is 57.2 Å². The van der Waals surface area contributed by atoms with Crippen LogP contribution in [-0.2, 0) is 28.6 Å². The molecular formula is C72H134O6. The SMILES string of the molecule is CCCCCC/C=C\C/C=C\CCCCCCCC(=O)OCC(COC(=O)CCCCCCCCCCCCCCCCCCCCCCCCCCCC)OC(=O)CCCCCCCCC/C=C\CCCCCCCCC. The number of carbonyl (C=O) groups is 3. The second-order valence-electron chi connectivity index (χ2n) is 23.8. The summed E-state index contributed by atoms with van der Waals surface area (Å²) in [6.45, 7) is 6.68. The van der Waals surface area contributed by atoms with Crippen LogP contribution in [0.4, 0.5) is 0 Å². The predicted molar refractivity (Wildman–Crippen MR) is 339 cm³/mol. The summed E-state index contributed by atoms with van der Waals surface area (Å²) in [6.07, 6.45) is 83.1. The number of carbonyl (C=O) groups excluding carboxylic acids is 3. The molecule has 0 aliphatic rings. The van der Waals surface area contributed by atoms with Crippen molar-refractivity contribution in [3.8, 4) is 0 Å². The van der Waals surface area contributed by atoms with E-state index in [1.54, 1.807) is 0 Å². The lowest BCUT2D eigenvalue weighted by Gasteiger charge is -2.18. The minimum Gasteiger partial charge on any atom is -0.462 e. The third-order valence-electron chi connectivity index (χ3n) is 15.9. The summed E-state index contributed by atoms with van der Waals surface area (Å²) >= 11 is 0. The lowest BCUT2D eigenvalue weighted by atomic mass is 10.0. The standard InChI is InChI=1S/C72H134O6/c1-4-7-10-13-16-19-22-25-28-31-33-34-35-36-37-38-39-40-42-44-47-50-53-56-59-62-65-71(74)77-68-69(67-76-70(73)64-61-58-55-52-49-46-43-30-27-24-21-18-15-12-9-6-3)78-72(75)66-63-60-57-54-51-48-45-41-32-29-26-23-20-17-14-11-8-5-2/h21,24,29-30,32,43,69H,4-20,22-23,25-28,31,33-42,44-68H2,1-3H3/b24-21-,32-29-,43-30-. The van der Waals surface area contributed by atoms with E-state index in [4.69, 9.17) is 14.2 Å². The van der Waals surface area contributed by atoms with E-state index >= 15 is 0 Å². The summed E-state index contributed by atoms with van der Waals surface area (Å²) in [5.74, 6) is -0.865. The first-order chi connectivity index (χ1) is 38.5. The molecule has 0 aliphatic carbocycles. The van der Waals surface area contributed by atoms with Crippen molar-refractivity contribution in [2.24, 2.45) is 0 Å². The summed E-state index contributed by atoms with van der Waals surface area (Å²) in [5, 5.41) is 0. The first-order valence-corrected chi connectivity index (χ1v) is 35.0. The molecule has 0 saturated heterocycles. The summed E-state index contributed by atoms with van der Waals surface area (Å²) < 4.78 is 17.0. The molecular weight excluding hydrogens is 961 g/mol. The second-order valence-corrected chi connectivity index (χ2v) is 23.8. The van der Waals surface area contributed by atoms with Crippen molar-refractivity contribution in [3.05, 3.63) is 36.5 Å². The molecule has 0 aromatic heterocycles. The van der Waals surface area contributed by atoms with Crippen molar-refractivity contribution < 1.29 is 28.6 Å². The van der Waals surface area contributed by atoms with Crippen molar-refractivity contribution >= 4 is 17.9 Å². The fourth-order valence-electron chi connectivity index (χ4n) is 10.6. The number of hydrogen-bond acceptors (Lipinski definition) is 6. The molecule has 0 aromatic carbocycles. The Hall–Kier alpha value is -2.37. The van der Waals surface area contributed by atoms with Crippen LogP contribution in [0.2, 0.25) is 0 Å². The van der Waals surface area contributed by atoms with Crippen LogP contribution < -0.4 is 0 Å². The van der Waals surface area contributed by atoms with Gasteiger partial charge in [0.1, 0.15) is 13.2 Å². The van der Waals surface area contributed by atoms with Crippen LogP contribution in [0.3, 0.4) is 0 Å². The molecule has 0 radical (unpaired) electrons. The highest BCUT2D eigenvalue weighted by molar-refractivity contribution is 5.71. The quantitative estimate of drug-likeness (QED) is 0.0261. The monoisotopic (exact) mass is 1100 g/mol. The van der Waals surface area contributed by atoms with Gasteiger partial charge in [0, 0.05) is 19.3 Å². The number of rotatable bonds is 65. The highest BCUT2D eigenvalue weighted by atomic mass is 16.6. The van der Waals surface area contributed by atoms with Crippen LogP contribution in [-0.4, -0.2) is 37.2 Å². The predicted octanol–water partition coefficient (Wildman–Crippen LogP) is 23.9. The first-order valence-electron chi connectivity index (χ1n) is 35.0. The van der Waals surface area contributed by atoms with Gasteiger partial charge in [-0.05, 0) is 77.0 Å². The molecule has 0 heterocycles. The minimum atomic E-state index is -0.779.